The molecule has 7 aromatic rings. The number of benzene rings is 5. The largest absolute Gasteiger partial charge is 0.617 e. The fourth-order valence-corrected chi connectivity index (χ4v) is 7.03. The first kappa shape index (κ1) is 46.7. The lowest BCUT2D eigenvalue weighted by molar-refractivity contribution is 0.306. The molecule has 0 saturated carbocycles. The lowest BCUT2D eigenvalue weighted by Crippen LogP contribution is -2.21. The maximum Gasteiger partial charge on any atom is 0.294 e. The van der Waals surface area contributed by atoms with Gasteiger partial charge in [-0.2, -0.15) is 16.8 Å². The number of hydrogen-bond donors (Lipinski definition) is 4. The minimum atomic E-state index is -4.02. The number of halogens is 2. The number of aryl methyl sites for hydroxylation is 2. The first-order chi connectivity index (χ1) is 28.9. The SMILES string of the molecule is C[S+]([O-])CCNCc1ccc(-c2ccc3ncnc(Nc4ccc(OCc5cccc(F)c5)c(Cl)c4)c3c2)o1.Cc1ccc(S(=O)(=O)O)cc1.Cc1ccc(S(=O)(=O)O)cc1. The fraction of sp³-hybridized carbons (Fsp3) is 0.163. The number of furan rings is 1. The molecule has 0 aliphatic rings. The molecule has 0 aliphatic heterocycles. The number of nitrogens with zero attached hydrogens (tertiary/aromatic N) is 2. The molecule has 0 radical (unpaired) electrons. The Morgan fingerprint density at radius 1 is 0.820 bits per heavy atom. The van der Waals surface area contributed by atoms with Gasteiger partial charge in [0, 0.05) is 23.2 Å². The average Bonchev–Trinajstić information content (AvgIpc) is 3.68. The molecule has 61 heavy (non-hydrogen) atoms. The Balaban J connectivity index is 0.000000259. The summed E-state index contributed by atoms with van der Waals surface area (Å²) in [7, 11) is -8.04. The molecule has 0 aliphatic carbocycles. The van der Waals surface area contributed by atoms with Crippen molar-refractivity contribution in [1.82, 2.24) is 15.3 Å². The Morgan fingerprint density at radius 2 is 1.48 bits per heavy atom. The van der Waals surface area contributed by atoms with E-state index in [1.54, 1.807) is 54.8 Å². The summed E-state index contributed by atoms with van der Waals surface area (Å²) in [4.78, 5) is 8.70. The second-order valence-electron chi connectivity index (χ2n) is 13.4. The summed E-state index contributed by atoms with van der Waals surface area (Å²) in [6.07, 6.45) is 3.19. The molecule has 4 N–H and O–H groups in total. The predicted molar refractivity (Wildman–Crippen MR) is 235 cm³/mol. The summed E-state index contributed by atoms with van der Waals surface area (Å²) in [6, 6.07) is 33.3. The second-order valence-corrected chi connectivity index (χ2v) is 18.2. The van der Waals surface area contributed by atoms with Gasteiger partial charge in [-0.05, 0) is 104 Å². The molecule has 0 fully saturated rings. The molecule has 2 heterocycles. The molecule has 18 heteroatoms. The van der Waals surface area contributed by atoms with Crippen LogP contribution in [0, 0.1) is 19.7 Å². The molecule has 5 aromatic carbocycles. The van der Waals surface area contributed by atoms with E-state index in [2.05, 4.69) is 20.6 Å². The highest BCUT2D eigenvalue weighted by Crippen LogP contribution is 2.33. The summed E-state index contributed by atoms with van der Waals surface area (Å²) in [5.41, 5.74) is 5.02. The Labute approximate surface area is 361 Å². The standard InChI is InChI=1S/C29H26ClFN4O3S.2C7H8O3S/c1-39(36)12-11-32-16-23-7-10-27(38-23)20-5-8-26-24(14-20)29(34-18-33-26)35-22-6-9-28(25(30)15-22)37-17-19-3-2-4-21(31)13-19;2*1-6-2-4-7(5-3-6)11(8,9)10/h2-10,13-15,18,32H,11-12,16-17H2,1H3,(H,33,34,35);2*2-5H,1H3,(H,8,9,10). The molecule has 1 unspecified atom stereocenters. The van der Waals surface area contributed by atoms with Crippen LogP contribution in [0.4, 0.5) is 15.9 Å². The average molecular weight is 909 g/mol. The van der Waals surface area contributed by atoms with Gasteiger partial charge in [0.2, 0.25) is 0 Å². The highest BCUT2D eigenvalue weighted by molar-refractivity contribution is 7.90. The van der Waals surface area contributed by atoms with Crippen LogP contribution in [0.2, 0.25) is 5.02 Å². The highest BCUT2D eigenvalue weighted by Gasteiger charge is 2.12. The Morgan fingerprint density at radius 3 is 2.07 bits per heavy atom. The lowest BCUT2D eigenvalue weighted by atomic mass is 10.1. The van der Waals surface area contributed by atoms with Crippen LogP contribution in [0.25, 0.3) is 22.2 Å². The molecule has 2 aromatic heterocycles. The molecular weight excluding hydrogens is 867 g/mol. The number of hydrogen-bond acceptors (Lipinski definition) is 11. The van der Waals surface area contributed by atoms with Crippen molar-refractivity contribution in [3.8, 4) is 17.1 Å². The zero-order valence-corrected chi connectivity index (χ0v) is 36.3. The zero-order chi connectivity index (χ0) is 44.2. The van der Waals surface area contributed by atoms with E-state index in [1.165, 1.54) is 42.7 Å². The van der Waals surface area contributed by atoms with Crippen molar-refractivity contribution in [3.63, 3.8) is 0 Å². The number of aromatic nitrogens is 2. The Hall–Kier alpha value is -5.37. The molecule has 0 bridgehead atoms. The molecule has 0 spiro atoms. The lowest BCUT2D eigenvalue weighted by Gasteiger charge is -2.12. The minimum Gasteiger partial charge on any atom is -0.617 e. The van der Waals surface area contributed by atoms with Gasteiger partial charge < -0.3 is 24.3 Å². The molecule has 0 amide bonds. The van der Waals surface area contributed by atoms with E-state index in [0.29, 0.717) is 41.0 Å². The maximum atomic E-state index is 13.4. The number of ether oxygens (including phenoxy) is 1. The Bertz CT molecular complexity index is 2700. The predicted octanol–water partition coefficient (Wildman–Crippen LogP) is 8.96. The van der Waals surface area contributed by atoms with Crippen LogP contribution in [0.15, 0.2) is 142 Å². The van der Waals surface area contributed by atoms with Gasteiger partial charge in [-0.15, -0.1) is 0 Å². The van der Waals surface area contributed by atoms with Crippen LogP contribution >= 0.6 is 11.6 Å². The van der Waals surface area contributed by atoms with E-state index in [0.717, 1.165) is 44.8 Å². The maximum absolute atomic E-state index is 13.4. The first-order valence-electron chi connectivity index (χ1n) is 18.3. The summed E-state index contributed by atoms with van der Waals surface area (Å²) in [5.74, 6) is 2.92. The van der Waals surface area contributed by atoms with Crippen molar-refractivity contribution in [2.75, 3.05) is 23.9 Å². The fourth-order valence-electron chi connectivity index (χ4n) is 5.41. The third-order valence-electron chi connectivity index (χ3n) is 8.56. The molecule has 1 atom stereocenters. The van der Waals surface area contributed by atoms with E-state index >= 15 is 0 Å². The summed E-state index contributed by atoms with van der Waals surface area (Å²) in [6.45, 7) is 5.10. The van der Waals surface area contributed by atoms with Gasteiger partial charge in [-0.1, -0.05) is 70.3 Å². The van der Waals surface area contributed by atoms with Gasteiger partial charge in [-0.3, -0.25) is 9.11 Å². The van der Waals surface area contributed by atoms with Crippen LogP contribution in [0.1, 0.15) is 22.5 Å². The van der Waals surface area contributed by atoms with Crippen molar-refractivity contribution in [2.45, 2.75) is 36.8 Å². The monoisotopic (exact) mass is 908 g/mol. The van der Waals surface area contributed by atoms with Gasteiger partial charge in [-0.25, -0.2) is 14.4 Å². The molecular formula is C43H42ClFN4O9S3. The first-order valence-corrected chi connectivity index (χ1v) is 23.3. The van der Waals surface area contributed by atoms with Crippen LogP contribution in [0.5, 0.6) is 5.75 Å². The summed E-state index contributed by atoms with van der Waals surface area (Å²) in [5, 5.41) is 7.79. The quantitative estimate of drug-likeness (QED) is 0.0485. The molecule has 7 rings (SSSR count). The number of nitrogens with one attached hydrogen (secondary N) is 2. The molecule has 320 valence electrons. The molecule has 0 saturated heterocycles. The van der Waals surface area contributed by atoms with Crippen molar-refractivity contribution in [2.24, 2.45) is 0 Å². The summed E-state index contributed by atoms with van der Waals surface area (Å²) >= 11 is 5.65. The van der Waals surface area contributed by atoms with Gasteiger partial charge >= 0.3 is 0 Å². The van der Waals surface area contributed by atoms with E-state index in [4.69, 9.17) is 29.9 Å². The van der Waals surface area contributed by atoms with Crippen LogP contribution in [-0.4, -0.2) is 59.0 Å². The number of anilines is 2. The number of rotatable bonds is 13. The van der Waals surface area contributed by atoms with E-state index in [9.17, 15) is 25.8 Å². The van der Waals surface area contributed by atoms with Crippen LogP contribution in [-0.2, 0) is 44.6 Å². The van der Waals surface area contributed by atoms with Gasteiger partial charge in [0.05, 0.1) is 33.1 Å². The normalized spacial score (nSPS) is 11.8. The molecule has 13 nitrogen and oxygen atoms in total. The second kappa shape index (κ2) is 21.4. The van der Waals surface area contributed by atoms with E-state index in [-0.39, 0.29) is 22.2 Å². The smallest absolute Gasteiger partial charge is 0.294 e. The topological polar surface area (TPSA) is 204 Å². The number of fused-ring (bicyclic) bond motifs is 1. The van der Waals surface area contributed by atoms with Gasteiger partial charge in [0.25, 0.3) is 20.2 Å². The van der Waals surface area contributed by atoms with Gasteiger partial charge in [0.1, 0.15) is 47.6 Å². The third-order valence-corrected chi connectivity index (χ3v) is 11.4. The Kier molecular flexibility index (Phi) is 16.4. The van der Waals surface area contributed by atoms with Crippen molar-refractivity contribution in [3.05, 3.63) is 161 Å². The zero-order valence-electron chi connectivity index (χ0n) is 33.1. The van der Waals surface area contributed by atoms with Crippen LogP contribution < -0.4 is 15.4 Å². The van der Waals surface area contributed by atoms with Gasteiger partial charge in [0.15, 0.2) is 0 Å². The minimum absolute atomic E-state index is 0.0666. The summed E-state index contributed by atoms with van der Waals surface area (Å²) < 4.78 is 95.6. The van der Waals surface area contributed by atoms with E-state index in [1.807, 2.05) is 50.2 Å². The van der Waals surface area contributed by atoms with Crippen molar-refractivity contribution < 1.29 is 44.0 Å². The van der Waals surface area contributed by atoms with Crippen LogP contribution in [0.3, 0.4) is 0 Å². The highest BCUT2D eigenvalue weighted by atomic mass is 35.5. The van der Waals surface area contributed by atoms with Crippen molar-refractivity contribution in [1.29, 1.82) is 0 Å². The third kappa shape index (κ3) is 14.7. The van der Waals surface area contributed by atoms with Crippen molar-refractivity contribution >= 4 is 65.4 Å². The van der Waals surface area contributed by atoms with E-state index < -0.39 is 31.4 Å².